The molecular formula is C55H37NS. The number of para-hydroxylation sites is 1. The van der Waals surface area contributed by atoms with Crippen LogP contribution in [0.25, 0.3) is 53.6 Å². The molecule has 1 nitrogen and oxygen atoms in total. The predicted octanol–water partition coefficient (Wildman–Crippen LogP) is 15.2. The van der Waals surface area contributed by atoms with Gasteiger partial charge < -0.3 is 4.90 Å². The number of benzene rings is 9. The van der Waals surface area contributed by atoms with Crippen LogP contribution in [0, 0.1) is 0 Å². The highest BCUT2D eigenvalue weighted by Crippen LogP contribution is 2.61. The van der Waals surface area contributed by atoms with Crippen LogP contribution in [0.15, 0.2) is 224 Å². The van der Waals surface area contributed by atoms with E-state index >= 15 is 0 Å². The first-order valence-corrected chi connectivity index (χ1v) is 20.4. The van der Waals surface area contributed by atoms with Crippen molar-refractivity contribution in [2.75, 3.05) is 4.90 Å². The van der Waals surface area contributed by atoms with Gasteiger partial charge in [-0.2, -0.15) is 0 Å². The molecule has 1 aliphatic carbocycles. The lowest BCUT2D eigenvalue weighted by molar-refractivity contribution is 0.777. The highest BCUT2D eigenvalue weighted by molar-refractivity contribution is 7.22. The van der Waals surface area contributed by atoms with E-state index in [4.69, 9.17) is 0 Å². The van der Waals surface area contributed by atoms with Gasteiger partial charge in [0.25, 0.3) is 0 Å². The van der Waals surface area contributed by atoms with E-state index < -0.39 is 5.41 Å². The molecule has 1 heterocycles. The molecule has 0 saturated heterocycles. The van der Waals surface area contributed by atoms with Crippen molar-refractivity contribution < 1.29 is 0 Å². The summed E-state index contributed by atoms with van der Waals surface area (Å²) in [5, 5.41) is 3.76. The first-order chi connectivity index (χ1) is 28.3. The van der Waals surface area contributed by atoms with E-state index in [9.17, 15) is 0 Å². The van der Waals surface area contributed by atoms with E-state index in [1.54, 1.807) is 0 Å². The number of thiophene rings is 1. The maximum Gasteiger partial charge on any atom is 0.0728 e. The van der Waals surface area contributed by atoms with Crippen LogP contribution in [-0.4, -0.2) is 0 Å². The van der Waals surface area contributed by atoms with Crippen molar-refractivity contribution in [3.05, 3.63) is 247 Å². The number of hydrogen-bond acceptors (Lipinski definition) is 2. The van der Waals surface area contributed by atoms with Gasteiger partial charge >= 0.3 is 0 Å². The minimum absolute atomic E-state index is 0.419. The lowest BCUT2D eigenvalue weighted by Crippen LogP contribution is -2.28. The molecule has 268 valence electrons. The van der Waals surface area contributed by atoms with E-state index in [1.807, 2.05) is 11.3 Å². The number of anilines is 3. The maximum absolute atomic E-state index is 2.45. The second kappa shape index (κ2) is 13.6. The van der Waals surface area contributed by atoms with Gasteiger partial charge in [-0.1, -0.05) is 170 Å². The number of nitrogens with zero attached hydrogens (tertiary/aromatic N) is 1. The smallest absolute Gasteiger partial charge is 0.0728 e. The molecule has 10 aromatic rings. The van der Waals surface area contributed by atoms with Crippen molar-refractivity contribution in [2.45, 2.75) is 5.41 Å². The summed E-state index contributed by atoms with van der Waals surface area (Å²) in [6, 6.07) is 82.2. The number of rotatable bonds is 7. The Labute approximate surface area is 337 Å². The van der Waals surface area contributed by atoms with Gasteiger partial charge in [0, 0.05) is 26.6 Å². The largest absolute Gasteiger partial charge is 0.310 e. The summed E-state index contributed by atoms with van der Waals surface area (Å²) in [5.74, 6) is 0. The molecule has 1 aromatic heterocycles. The number of fused-ring (bicyclic) bond motifs is 6. The van der Waals surface area contributed by atoms with Crippen LogP contribution < -0.4 is 4.90 Å². The van der Waals surface area contributed by atoms with Gasteiger partial charge in [-0.25, -0.2) is 0 Å². The summed E-state index contributed by atoms with van der Waals surface area (Å²) in [7, 11) is 0. The molecule has 2 heteroatoms. The number of hydrogen-bond donors (Lipinski definition) is 0. The normalized spacial score (nSPS) is 12.7. The molecule has 0 unspecified atom stereocenters. The van der Waals surface area contributed by atoms with Crippen LogP contribution in [-0.2, 0) is 5.41 Å². The summed E-state index contributed by atoms with van der Waals surface area (Å²) < 4.78 is 1.33. The van der Waals surface area contributed by atoms with Crippen LogP contribution in [0.1, 0.15) is 22.3 Å². The first-order valence-electron chi connectivity index (χ1n) is 19.6. The molecule has 11 rings (SSSR count). The van der Waals surface area contributed by atoms with Gasteiger partial charge in [0.15, 0.2) is 0 Å². The molecule has 1 aliphatic rings. The molecule has 0 fully saturated rings. The Morgan fingerprint density at radius 2 is 0.877 bits per heavy atom. The van der Waals surface area contributed by atoms with Gasteiger partial charge in [0.05, 0.1) is 5.41 Å². The Morgan fingerprint density at radius 1 is 0.368 bits per heavy atom. The Bertz CT molecular complexity index is 3000. The van der Waals surface area contributed by atoms with Crippen molar-refractivity contribution in [2.24, 2.45) is 0 Å². The van der Waals surface area contributed by atoms with Gasteiger partial charge in [0.1, 0.15) is 0 Å². The lowest BCUT2D eigenvalue weighted by Gasteiger charge is -2.34. The Hall–Kier alpha value is -7.00. The molecule has 0 bridgehead atoms. The van der Waals surface area contributed by atoms with Crippen molar-refractivity contribution in [3.63, 3.8) is 0 Å². The second-order valence-electron chi connectivity index (χ2n) is 14.9. The van der Waals surface area contributed by atoms with Gasteiger partial charge in [-0.15, -0.1) is 11.3 Å². The fourth-order valence-corrected chi connectivity index (χ4v) is 10.4. The van der Waals surface area contributed by atoms with E-state index in [0.29, 0.717) is 0 Å². The Kier molecular flexibility index (Phi) is 7.98. The summed E-state index contributed by atoms with van der Waals surface area (Å²) >= 11 is 1.92. The average molecular weight is 744 g/mol. The van der Waals surface area contributed by atoms with Crippen molar-refractivity contribution >= 4 is 49.3 Å². The topological polar surface area (TPSA) is 3.24 Å². The highest BCUT2D eigenvalue weighted by atomic mass is 32.1. The SMILES string of the molecule is c1ccc(-c2ccc(N(c3ccccc3)c3ccc4cc(-c5ccc6c(c5)-c5sc7ccccc7c5C6(c5ccccc5)c5ccccc5)ccc4c3)cc2)cc1. The Balaban J connectivity index is 1.02. The van der Waals surface area contributed by atoms with Crippen LogP contribution in [0.5, 0.6) is 0 Å². The molecule has 0 radical (unpaired) electrons. The van der Waals surface area contributed by atoms with Crippen LogP contribution in [0.4, 0.5) is 17.1 Å². The molecule has 0 saturated carbocycles. The van der Waals surface area contributed by atoms with E-state index in [2.05, 4.69) is 229 Å². The Morgan fingerprint density at radius 3 is 1.60 bits per heavy atom. The monoisotopic (exact) mass is 743 g/mol. The zero-order chi connectivity index (χ0) is 37.8. The molecule has 57 heavy (non-hydrogen) atoms. The molecule has 0 aliphatic heterocycles. The van der Waals surface area contributed by atoms with Crippen LogP contribution >= 0.6 is 11.3 Å². The van der Waals surface area contributed by atoms with Crippen LogP contribution in [0.3, 0.4) is 0 Å². The summed E-state index contributed by atoms with van der Waals surface area (Å²) in [4.78, 5) is 3.71. The van der Waals surface area contributed by atoms with Crippen molar-refractivity contribution in [3.8, 4) is 32.7 Å². The average Bonchev–Trinajstić information content (AvgIpc) is 3.81. The minimum atomic E-state index is -0.419. The van der Waals surface area contributed by atoms with Crippen molar-refractivity contribution in [1.29, 1.82) is 0 Å². The lowest BCUT2D eigenvalue weighted by atomic mass is 9.67. The standard InChI is InChI=1S/C55H37NS/c1-5-15-38(16-6-1)39-27-31-47(32-28-39)56(46-21-11-4-12-22-46)48-33-29-41-35-40(25-26-42(41)36-48)43-30-34-51-50(37-43)54-53(49-23-13-14-24-52(49)57-54)55(51,44-17-7-2-8-18-44)45-19-9-3-10-20-45/h1-37H. The molecule has 0 amide bonds. The molecule has 9 aromatic carbocycles. The van der Waals surface area contributed by atoms with E-state index in [1.165, 1.54) is 75.8 Å². The fraction of sp³-hybridized carbons (Fsp3) is 0.0182. The summed E-state index contributed by atoms with van der Waals surface area (Å²) in [6.45, 7) is 0. The highest BCUT2D eigenvalue weighted by Gasteiger charge is 2.48. The quantitative estimate of drug-likeness (QED) is 0.157. The zero-order valence-electron chi connectivity index (χ0n) is 31.2. The van der Waals surface area contributed by atoms with E-state index in [0.717, 1.165) is 17.1 Å². The molecule has 0 spiro atoms. The third kappa shape index (κ3) is 5.44. The molecular weight excluding hydrogens is 707 g/mol. The second-order valence-corrected chi connectivity index (χ2v) is 15.9. The third-order valence-electron chi connectivity index (χ3n) is 11.7. The minimum Gasteiger partial charge on any atom is -0.310 e. The predicted molar refractivity (Wildman–Crippen MR) is 242 cm³/mol. The van der Waals surface area contributed by atoms with Crippen molar-refractivity contribution in [1.82, 2.24) is 0 Å². The first kappa shape index (κ1) is 33.3. The van der Waals surface area contributed by atoms with Gasteiger partial charge in [-0.3, -0.25) is 0 Å². The van der Waals surface area contributed by atoms with Gasteiger partial charge in [-0.05, 0) is 121 Å². The van der Waals surface area contributed by atoms with E-state index in [-0.39, 0.29) is 0 Å². The van der Waals surface area contributed by atoms with Gasteiger partial charge in [0.2, 0.25) is 0 Å². The molecule has 0 N–H and O–H groups in total. The zero-order valence-corrected chi connectivity index (χ0v) is 32.0. The van der Waals surface area contributed by atoms with Crippen LogP contribution in [0.2, 0.25) is 0 Å². The fourth-order valence-electron chi connectivity index (χ4n) is 9.13. The third-order valence-corrected chi connectivity index (χ3v) is 12.9. The maximum atomic E-state index is 2.45. The summed E-state index contributed by atoms with van der Waals surface area (Å²) in [6.07, 6.45) is 0. The summed E-state index contributed by atoms with van der Waals surface area (Å²) in [5.41, 5.74) is 14.5. The molecule has 0 atom stereocenters.